The van der Waals surface area contributed by atoms with Crippen molar-refractivity contribution in [3.05, 3.63) is 23.6 Å². The van der Waals surface area contributed by atoms with E-state index < -0.39 is 5.54 Å². The molecule has 0 aromatic heterocycles. The molecule has 0 radical (unpaired) electrons. The van der Waals surface area contributed by atoms with Crippen LogP contribution in [0.4, 0.5) is 0 Å². The van der Waals surface area contributed by atoms with Gasteiger partial charge in [0.2, 0.25) is 0 Å². The van der Waals surface area contributed by atoms with E-state index in [0.717, 1.165) is 0 Å². The number of dihydropyridines is 1. The quantitative estimate of drug-likeness (QED) is 0.480. The maximum Gasteiger partial charge on any atom is 0.136 e. The van der Waals surface area contributed by atoms with Gasteiger partial charge in [0.25, 0.3) is 0 Å². The fourth-order valence-electron chi connectivity index (χ4n) is 1.54. The average Bonchev–Trinajstić information content (AvgIpc) is 2.27. The van der Waals surface area contributed by atoms with Crippen molar-refractivity contribution in [1.82, 2.24) is 10.6 Å². The zero-order valence-corrected chi connectivity index (χ0v) is 10.6. The maximum atomic E-state index is 9.50. The van der Waals surface area contributed by atoms with Crippen molar-refractivity contribution in [2.75, 3.05) is 19.8 Å². The molecule has 1 unspecified atom stereocenters. The van der Waals surface area contributed by atoms with E-state index in [9.17, 15) is 10.2 Å². The van der Waals surface area contributed by atoms with Gasteiger partial charge in [0.1, 0.15) is 5.76 Å². The van der Waals surface area contributed by atoms with Crippen molar-refractivity contribution in [3.8, 4) is 0 Å². The highest BCUT2D eigenvalue weighted by atomic mass is 16.3. The third-order valence-electron chi connectivity index (χ3n) is 2.64. The van der Waals surface area contributed by atoms with Crippen LogP contribution >= 0.6 is 0 Å². The van der Waals surface area contributed by atoms with Crippen LogP contribution < -0.4 is 10.6 Å². The Balaban J connectivity index is 2.76. The molecule has 1 aliphatic rings. The number of allylic oxidation sites excluding steroid dienone is 1. The second kappa shape index (κ2) is 5.08. The maximum absolute atomic E-state index is 9.50. The number of hydrogen-bond donors (Lipinski definition) is 5. The third-order valence-corrected chi connectivity index (χ3v) is 2.64. The van der Waals surface area contributed by atoms with E-state index in [0.29, 0.717) is 12.2 Å². The minimum atomic E-state index is -0.683. The molecule has 5 nitrogen and oxygen atoms in total. The molecule has 0 aromatic rings. The Labute approximate surface area is 102 Å². The molecule has 0 saturated heterocycles. The normalized spacial score (nSPS) is 25.0. The van der Waals surface area contributed by atoms with Crippen LogP contribution in [-0.2, 0) is 0 Å². The summed E-state index contributed by atoms with van der Waals surface area (Å²) in [5, 5.41) is 34.3. The first kappa shape index (κ1) is 14.0. The lowest BCUT2D eigenvalue weighted by Gasteiger charge is -2.37. The first-order valence-electron chi connectivity index (χ1n) is 5.68. The number of nitrogens with one attached hydrogen (secondary N) is 2. The van der Waals surface area contributed by atoms with E-state index in [1.807, 2.05) is 20.8 Å². The SMILES string of the molecule is CC(C)(C)NCC1(CO)C=CC(O)=C(CO)N1. The average molecular weight is 242 g/mol. The van der Waals surface area contributed by atoms with Crippen molar-refractivity contribution in [2.24, 2.45) is 0 Å². The molecule has 0 aliphatic carbocycles. The molecular weight excluding hydrogens is 220 g/mol. The predicted octanol–water partition coefficient (Wildman–Crippen LogP) is 0.0269. The summed E-state index contributed by atoms with van der Waals surface area (Å²) in [5.74, 6) is 0.00679. The van der Waals surface area contributed by atoms with Gasteiger partial charge in [0.05, 0.1) is 24.4 Å². The molecule has 0 fully saturated rings. The smallest absolute Gasteiger partial charge is 0.136 e. The molecule has 0 bridgehead atoms. The highest BCUT2D eigenvalue weighted by Crippen LogP contribution is 2.18. The van der Waals surface area contributed by atoms with Gasteiger partial charge in [-0.1, -0.05) is 6.08 Å². The summed E-state index contributed by atoms with van der Waals surface area (Å²) in [6.45, 7) is 6.19. The lowest BCUT2D eigenvalue weighted by molar-refractivity contribution is 0.179. The van der Waals surface area contributed by atoms with E-state index in [4.69, 9.17) is 5.11 Å². The molecule has 5 heteroatoms. The van der Waals surface area contributed by atoms with Gasteiger partial charge < -0.3 is 26.0 Å². The van der Waals surface area contributed by atoms with Crippen molar-refractivity contribution in [2.45, 2.75) is 31.8 Å². The van der Waals surface area contributed by atoms with Gasteiger partial charge in [-0.2, -0.15) is 0 Å². The van der Waals surface area contributed by atoms with Crippen LogP contribution in [-0.4, -0.2) is 46.2 Å². The van der Waals surface area contributed by atoms with Crippen molar-refractivity contribution in [3.63, 3.8) is 0 Å². The molecule has 0 spiro atoms. The number of hydrogen-bond acceptors (Lipinski definition) is 5. The molecule has 1 rings (SSSR count). The van der Waals surface area contributed by atoms with Crippen LogP contribution in [0.5, 0.6) is 0 Å². The Kier molecular flexibility index (Phi) is 4.19. The largest absolute Gasteiger partial charge is 0.506 e. The minimum Gasteiger partial charge on any atom is -0.506 e. The topological polar surface area (TPSA) is 84.8 Å². The number of aliphatic hydroxyl groups excluding tert-OH is 3. The molecule has 0 aromatic carbocycles. The van der Waals surface area contributed by atoms with Crippen LogP contribution in [0.3, 0.4) is 0 Å². The molecule has 1 atom stereocenters. The Bertz CT molecular complexity index is 331. The lowest BCUT2D eigenvalue weighted by Crippen LogP contribution is -2.58. The van der Waals surface area contributed by atoms with Crippen molar-refractivity contribution >= 4 is 0 Å². The summed E-state index contributed by atoms with van der Waals surface area (Å²) < 4.78 is 0. The van der Waals surface area contributed by atoms with Crippen molar-refractivity contribution < 1.29 is 15.3 Å². The molecular formula is C12H22N2O3. The standard InChI is InChI=1S/C12H22N2O3/c1-11(2,3)13-7-12(8-16)5-4-10(17)9(6-15)14-12/h4-5,13-17H,6-8H2,1-3H3. The monoisotopic (exact) mass is 242 g/mol. The Hall–Kier alpha value is -1.04. The summed E-state index contributed by atoms with van der Waals surface area (Å²) in [4.78, 5) is 0. The van der Waals surface area contributed by atoms with E-state index in [1.54, 1.807) is 6.08 Å². The Morgan fingerprint density at radius 1 is 1.35 bits per heavy atom. The summed E-state index contributed by atoms with van der Waals surface area (Å²) in [6, 6.07) is 0. The second-order valence-corrected chi connectivity index (χ2v) is 5.40. The predicted molar refractivity (Wildman–Crippen MR) is 66.6 cm³/mol. The number of aliphatic hydroxyl groups is 3. The van der Waals surface area contributed by atoms with E-state index >= 15 is 0 Å². The first-order valence-corrected chi connectivity index (χ1v) is 5.68. The van der Waals surface area contributed by atoms with E-state index in [2.05, 4.69) is 10.6 Å². The van der Waals surface area contributed by atoms with Gasteiger partial charge >= 0.3 is 0 Å². The van der Waals surface area contributed by atoms with Crippen LogP contribution in [0.25, 0.3) is 0 Å². The van der Waals surface area contributed by atoms with Gasteiger partial charge in [-0.15, -0.1) is 0 Å². The molecule has 1 aliphatic heterocycles. The fraction of sp³-hybridized carbons (Fsp3) is 0.667. The van der Waals surface area contributed by atoms with Crippen LogP contribution in [0.1, 0.15) is 20.8 Å². The summed E-state index contributed by atoms with van der Waals surface area (Å²) in [5.41, 5.74) is -0.421. The molecule has 0 saturated carbocycles. The zero-order chi connectivity index (χ0) is 13.1. The second-order valence-electron chi connectivity index (χ2n) is 5.40. The molecule has 98 valence electrons. The molecule has 17 heavy (non-hydrogen) atoms. The van der Waals surface area contributed by atoms with Gasteiger partial charge in [-0.05, 0) is 26.8 Å². The van der Waals surface area contributed by atoms with Gasteiger partial charge in [0.15, 0.2) is 0 Å². The van der Waals surface area contributed by atoms with E-state index in [-0.39, 0.29) is 24.5 Å². The van der Waals surface area contributed by atoms with Gasteiger partial charge in [-0.25, -0.2) is 0 Å². The van der Waals surface area contributed by atoms with Crippen LogP contribution in [0.2, 0.25) is 0 Å². The summed E-state index contributed by atoms with van der Waals surface area (Å²) >= 11 is 0. The summed E-state index contributed by atoms with van der Waals surface area (Å²) in [6.07, 6.45) is 3.21. The van der Waals surface area contributed by atoms with E-state index in [1.165, 1.54) is 6.08 Å². The Morgan fingerprint density at radius 3 is 2.47 bits per heavy atom. The summed E-state index contributed by atoms with van der Waals surface area (Å²) in [7, 11) is 0. The first-order chi connectivity index (χ1) is 7.82. The van der Waals surface area contributed by atoms with Gasteiger partial charge in [-0.3, -0.25) is 0 Å². The number of rotatable bonds is 4. The molecule has 0 amide bonds. The van der Waals surface area contributed by atoms with Crippen LogP contribution in [0, 0.1) is 0 Å². The minimum absolute atomic E-state index is 0.00679. The zero-order valence-electron chi connectivity index (χ0n) is 10.6. The van der Waals surface area contributed by atoms with Crippen LogP contribution in [0.15, 0.2) is 23.6 Å². The van der Waals surface area contributed by atoms with Gasteiger partial charge in [0, 0.05) is 12.1 Å². The highest BCUT2D eigenvalue weighted by Gasteiger charge is 2.31. The molecule has 5 N–H and O–H groups in total. The molecule has 1 heterocycles. The highest BCUT2D eigenvalue weighted by molar-refractivity contribution is 5.30. The lowest BCUT2D eigenvalue weighted by atomic mass is 9.94. The third kappa shape index (κ3) is 3.73. The van der Waals surface area contributed by atoms with Crippen molar-refractivity contribution in [1.29, 1.82) is 0 Å². The Morgan fingerprint density at radius 2 is 2.00 bits per heavy atom. The fourth-order valence-corrected chi connectivity index (χ4v) is 1.54.